The van der Waals surface area contributed by atoms with Crippen LogP contribution in [0, 0.1) is 22.7 Å². The van der Waals surface area contributed by atoms with Gasteiger partial charge >= 0.3 is 5.97 Å². The highest BCUT2D eigenvalue weighted by atomic mass is 16.7. The number of nitriles is 2. The first kappa shape index (κ1) is 20.1. The Balaban J connectivity index is 1.89. The van der Waals surface area contributed by atoms with Crippen molar-refractivity contribution in [3.8, 4) is 12.1 Å². The Morgan fingerprint density at radius 1 is 1.03 bits per heavy atom. The first-order chi connectivity index (χ1) is 14.0. The molecule has 1 aliphatic rings. The van der Waals surface area contributed by atoms with Gasteiger partial charge in [-0.3, -0.25) is 0 Å². The van der Waals surface area contributed by atoms with Crippen LogP contribution in [0.1, 0.15) is 54.9 Å². The van der Waals surface area contributed by atoms with Crippen molar-refractivity contribution in [1.82, 2.24) is 0 Å². The average Bonchev–Trinajstić information content (AvgIpc) is 2.73. The van der Waals surface area contributed by atoms with Gasteiger partial charge in [-0.25, -0.2) is 4.79 Å². The molecule has 0 aliphatic carbocycles. The van der Waals surface area contributed by atoms with Gasteiger partial charge in [-0.1, -0.05) is 24.3 Å². The zero-order chi connectivity index (χ0) is 20.8. The SMILES string of the molecule is CC(C)OC(=O)C=C1C[C@@H](c2ccc(C#N)cc2)O[C@@H](c2ccc(C#N)cc2)O1. The minimum absolute atomic E-state index is 0.233. The van der Waals surface area contributed by atoms with Crippen LogP contribution in [-0.2, 0) is 19.0 Å². The van der Waals surface area contributed by atoms with E-state index in [-0.39, 0.29) is 12.2 Å². The maximum absolute atomic E-state index is 12.1. The van der Waals surface area contributed by atoms with Crippen molar-refractivity contribution in [2.45, 2.75) is 38.8 Å². The van der Waals surface area contributed by atoms with Crippen molar-refractivity contribution in [3.63, 3.8) is 0 Å². The van der Waals surface area contributed by atoms with Gasteiger partial charge in [-0.15, -0.1) is 0 Å². The number of hydrogen-bond acceptors (Lipinski definition) is 6. The molecule has 0 saturated carbocycles. The Bertz CT molecular complexity index is 912. The van der Waals surface area contributed by atoms with Crippen molar-refractivity contribution >= 4 is 5.97 Å². The molecular weight excluding hydrogens is 368 g/mol. The van der Waals surface area contributed by atoms with Gasteiger partial charge in [0.15, 0.2) is 0 Å². The molecule has 2 aromatic rings. The largest absolute Gasteiger partial charge is 0.465 e. The van der Waals surface area contributed by atoms with Crippen LogP contribution in [0.25, 0.3) is 0 Å². The molecule has 0 unspecified atom stereocenters. The molecule has 6 nitrogen and oxygen atoms in total. The second-order valence-electron chi connectivity index (χ2n) is 6.84. The molecule has 1 aliphatic heterocycles. The highest BCUT2D eigenvalue weighted by Crippen LogP contribution is 2.39. The van der Waals surface area contributed by atoms with Gasteiger partial charge in [0.1, 0.15) is 5.76 Å². The molecule has 1 fully saturated rings. The Morgan fingerprint density at radius 2 is 1.59 bits per heavy atom. The number of rotatable bonds is 4. The van der Waals surface area contributed by atoms with Crippen LogP contribution in [0.4, 0.5) is 0 Å². The zero-order valence-electron chi connectivity index (χ0n) is 16.2. The summed E-state index contributed by atoms with van der Waals surface area (Å²) in [4.78, 5) is 12.1. The molecule has 6 heteroatoms. The van der Waals surface area contributed by atoms with Crippen LogP contribution in [0.3, 0.4) is 0 Å². The predicted molar refractivity (Wildman–Crippen MR) is 104 cm³/mol. The van der Waals surface area contributed by atoms with Gasteiger partial charge in [0.25, 0.3) is 0 Å². The van der Waals surface area contributed by atoms with Gasteiger partial charge in [0.2, 0.25) is 6.29 Å². The lowest BCUT2D eigenvalue weighted by atomic mass is 10.0. The minimum Gasteiger partial charge on any atom is -0.465 e. The summed E-state index contributed by atoms with van der Waals surface area (Å²) in [6.45, 7) is 3.56. The number of benzene rings is 2. The predicted octanol–water partition coefficient (Wildman–Crippen LogP) is 4.44. The molecule has 0 spiro atoms. The quantitative estimate of drug-likeness (QED) is 0.568. The third-order valence-electron chi connectivity index (χ3n) is 4.29. The summed E-state index contributed by atoms with van der Waals surface area (Å²) in [7, 11) is 0. The third kappa shape index (κ3) is 5.22. The first-order valence-corrected chi connectivity index (χ1v) is 9.22. The maximum Gasteiger partial charge on any atom is 0.334 e. The maximum atomic E-state index is 12.1. The molecular formula is C23H20N2O4. The smallest absolute Gasteiger partial charge is 0.334 e. The van der Waals surface area contributed by atoms with Crippen LogP contribution in [0.5, 0.6) is 0 Å². The Morgan fingerprint density at radius 3 is 2.10 bits per heavy atom. The fourth-order valence-corrected chi connectivity index (χ4v) is 2.91. The van der Waals surface area contributed by atoms with Crippen molar-refractivity contribution in [1.29, 1.82) is 10.5 Å². The first-order valence-electron chi connectivity index (χ1n) is 9.22. The highest BCUT2D eigenvalue weighted by Gasteiger charge is 2.30. The Kier molecular flexibility index (Phi) is 6.29. The molecule has 0 N–H and O–H groups in total. The van der Waals surface area contributed by atoms with E-state index in [1.54, 1.807) is 50.2 Å². The molecule has 146 valence electrons. The second-order valence-corrected chi connectivity index (χ2v) is 6.84. The summed E-state index contributed by atoms with van der Waals surface area (Å²) in [5, 5.41) is 18.0. The topological polar surface area (TPSA) is 92.3 Å². The van der Waals surface area contributed by atoms with Gasteiger partial charge in [-0.05, 0) is 43.7 Å². The monoisotopic (exact) mass is 388 g/mol. The highest BCUT2D eigenvalue weighted by molar-refractivity contribution is 5.82. The van der Waals surface area contributed by atoms with E-state index in [9.17, 15) is 4.79 Å². The molecule has 1 saturated heterocycles. The van der Waals surface area contributed by atoms with Crippen molar-refractivity contribution in [3.05, 3.63) is 82.6 Å². The summed E-state index contributed by atoms with van der Waals surface area (Å²) in [5.74, 6) is -0.0281. The van der Waals surface area contributed by atoms with Gasteiger partial charge in [-0.2, -0.15) is 10.5 Å². The van der Waals surface area contributed by atoms with Crippen molar-refractivity contribution < 1.29 is 19.0 Å². The van der Waals surface area contributed by atoms with E-state index in [2.05, 4.69) is 12.1 Å². The Hall–Kier alpha value is -3.61. The van der Waals surface area contributed by atoms with E-state index in [4.69, 9.17) is 24.7 Å². The number of nitrogens with zero attached hydrogens (tertiary/aromatic N) is 2. The zero-order valence-corrected chi connectivity index (χ0v) is 16.2. The molecule has 0 aromatic heterocycles. The van der Waals surface area contributed by atoms with E-state index in [0.29, 0.717) is 23.3 Å². The number of hydrogen-bond donors (Lipinski definition) is 0. The standard InChI is InChI=1S/C23H20N2O4/c1-15(2)27-22(26)12-20-11-21(18-7-3-16(13-24)4-8-18)29-23(28-20)19-9-5-17(14-25)6-10-19/h3-10,12,15,21,23H,11H2,1-2H3/t21-,23-/m0/s1. The van der Waals surface area contributed by atoms with Crippen LogP contribution >= 0.6 is 0 Å². The number of carbonyl (C=O) groups is 1. The summed E-state index contributed by atoms with van der Waals surface area (Å²) in [6, 6.07) is 18.2. The fourth-order valence-electron chi connectivity index (χ4n) is 2.91. The van der Waals surface area contributed by atoms with E-state index in [1.807, 2.05) is 12.1 Å². The molecule has 2 aromatic carbocycles. The van der Waals surface area contributed by atoms with E-state index in [1.165, 1.54) is 6.08 Å². The van der Waals surface area contributed by atoms with Crippen molar-refractivity contribution in [2.75, 3.05) is 0 Å². The van der Waals surface area contributed by atoms with Gasteiger partial charge < -0.3 is 14.2 Å². The molecule has 3 rings (SSSR count). The third-order valence-corrected chi connectivity index (χ3v) is 4.29. The molecule has 29 heavy (non-hydrogen) atoms. The molecule has 0 amide bonds. The van der Waals surface area contributed by atoms with E-state index in [0.717, 1.165) is 11.1 Å². The lowest BCUT2D eigenvalue weighted by Crippen LogP contribution is -2.21. The molecule has 2 atom stereocenters. The van der Waals surface area contributed by atoms with Gasteiger partial charge in [0.05, 0.1) is 41.5 Å². The van der Waals surface area contributed by atoms with Crippen molar-refractivity contribution in [2.24, 2.45) is 0 Å². The number of esters is 1. The summed E-state index contributed by atoms with van der Waals surface area (Å²) in [6.07, 6.45) is 0.357. The van der Waals surface area contributed by atoms with Crippen LogP contribution in [0.2, 0.25) is 0 Å². The fraction of sp³-hybridized carbons (Fsp3) is 0.261. The number of carbonyl (C=O) groups excluding carboxylic acids is 1. The average molecular weight is 388 g/mol. The summed E-state index contributed by atoms with van der Waals surface area (Å²) in [5.41, 5.74) is 2.68. The second kappa shape index (κ2) is 9.05. The van der Waals surface area contributed by atoms with Gasteiger partial charge in [0, 0.05) is 12.0 Å². The molecule has 0 radical (unpaired) electrons. The van der Waals surface area contributed by atoms with Crippen LogP contribution in [-0.4, -0.2) is 12.1 Å². The lowest BCUT2D eigenvalue weighted by Gasteiger charge is -2.33. The summed E-state index contributed by atoms with van der Waals surface area (Å²) >= 11 is 0. The lowest BCUT2D eigenvalue weighted by molar-refractivity contribution is -0.191. The molecule has 0 bridgehead atoms. The molecule has 1 heterocycles. The normalized spacial score (nSPS) is 19.8. The van der Waals surface area contributed by atoms with Crippen LogP contribution < -0.4 is 0 Å². The summed E-state index contributed by atoms with van der Waals surface area (Å²) < 4.78 is 17.2. The minimum atomic E-state index is -0.741. The Labute approximate surface area is 169 Å². The van der Waals surface area contributed by atoms with E-state index < -0.39 is 12.3 Å². The number of ether oxygens (including phenoxy) is 3. The van der Waals surface area contributed by atoms with E-state index >= 15 is 0 Å². The van der Waals surface area contributed by atoms with Crippen LogP contribution in [0.15, 0.2) is 60.4 Å².